The van der Waals surface area contributed by atoms with Crippen molar-refractivity contribution in [3.8, 4) is 0 Å². The number of carbonyl (C=O) groups is 2. The Morgan fingerprint density at radius 3 is 2.39 bits per heavy atom. The first-order valence-corrected chi connectivity index (χ1v) is 10.4. The number of carbonyl (C=O) groups excluding carboxylic acids is 2. The van der Waals surface area contributed by atoms with E-state index in [1.807, 2.05) is 30.3 Å². The van der Waals surface area contributed by atoms with Gasteiger partial charge in [-0.25, -0.2) is 4.79 Å². The van der Waals surface area contributed by atoms with Crippen molar-refractivity contribution in [2.24, 2.45) is 5.41 Å². The van der Waals surface area contributed by atoms with Crippen LogP contribution in [-0.2, 0) is 25.6 Å². The second-order valence-corrected chi connectivity index (χ2v) is 8.45. The van der Waals surface area contributed by atoms with Gasteiger partial charge in [-0.2, -0.15) is 0 Å². The molecular weight excluding hydrogens is 358 g/mol. The van der Waals surface area contributed by atoms with Crippen molar-refractivity contribution in [2.75, 3.05) is 6.61 Å². The maximum absolute atomic E-state index is 12.8. The van der Waals surface area contributed by atoms with Crippen LogP contribution in [0.2, 0.25) is 0 Å². The molecule has 3 aliphatic carbocycles. The molecule has 1 saturated heterocycles. The minimum atomic E-state index is -0.405. The van der Waals surface area contributed by atoms with Gasteiger partial charge in [0.1, 0.15) is 6.61 Å². The van der Waals surface area contributed by atoms with E-state index in [0.29, 0.717) is 6.61 Å². The third-order valence-corrected chi connectivity index (χ3v) is 6.64. The fourth-order valence-corrected chi connectivity index (χ4v) is 4.70. The van der Waals surface area contributed by atoms with Crippen molar-refractivity contribution < 1.29 is 23.8 Å². The number of ether oxygens (including phenoxy) is 3. The average molecular weight is 387 g/mol. The van der Waals surface area contributed by atoms with Gasteiger partial charge in [-0.3, -0.25) is 4.79 Å². The topological polar surface area (TPSA) is 73.9 Å². The Kier molecular flexibility index (Phi) is 5.58. The highest BCUT2D eigenvalue weighted by molar-refractivity contribution is 5.78. The lowest BCUT2D eigenvalue weighted by molar-refractivity contribution is -0.203. The van der Waals surface area contributed by atoms with E-state index >= 15 is 0 Å². The summed E-state index contributed by atoms with van der Waals surface area (Å²) in [5.74, 6) is -0.112. The van der Waals surface area contributed by atoms with E-state index in [0.717, 1.165) is 63.4 Å². The van der Waals surface area contributed by atoms with Crippen molar-refractivity contribution >= 4 is 12.1 Å². The molecule has 1 aliphatic heterocycles. The van der Waals surface area contributed by atoms with Crippen molar-refractivity contribution in [3.05, 3.63) is 35.9 Å². The van der Waals surface area contributed by atoms with Crippen LogP contribution in [0.1, 0.15) is 63.4 Å². The van der Waals surface area contributed by atoms with Crippen molar-refractivity contribution in [3.63, 3.8) is 0 Å². The molecule has 1 amide bonds. The Hall–Kier alpha value is -2.08. The van der Waals surface area contributed by atoms with Crippen LogP contribution in [0.4, 0.5) is 4.79 Å². The molecule has 0 spiro atoms. The Balaban J connectivity index is 1.27. The smallest absolute Gasteiger partial charge is 0.407 e. The largest absolute Gasteiger partial charge is 0.445 e. The molecule has 0 aromatic heterocycles. The van der Waals surface area contributed by atoms with Crippen molar-refractivity contribution in [1.29, 1.82) is 0 Å². The van der Waals surface area contributed by atoms with Crippen LogP contribution in [0, 0.1) is 5.41 Å². The lowest BCUT2D eigenvalue weighted by Gasteiger charge is -2.52. The molecule has 2 bridgehead atoms. The number of benzene rings is 1. The Morgan fingerprint density at radius 2 is 1.75 bits per heavy atom. The van der Waals surface area contributed by atoms with E-state index in [9.17, 15) is 9.59 Å². The van der Waals surface area contributed by atoms with E-state index in [2.05, 4.69) is 5.32 Å². The summed E-state index contributed by atoms with van der Waals surface area (Å²) in [6, 6.07) is 9.65. The second-order valence-electron chi connectivity index (χ2n) is 8.45. The van der Waals surface area contributed by atoms with Gasteiger partial charge in [-0.15, -0.1) is 0 Å². The predicted octanol–water partition coefficient (Wildman–Crippen LogP) is 4.08. The van der Waals surface area contributed by atoms with Gasteiger partial charge < -0.3 is 19.5 Å². The highest BCUT2D eigenvalue weighted by Gasteiger charge is 2.54. The highest BCUT2D eigenvalue weighted by Crippen LogP contribution is 2.53. The van der Waals surface area contributed by atoms with Crippen LogP contribution in [0.15, 0.2) is 30.3 Å². The molecule has 1 aromatic carbocycles. The Morgan fingerprint density at radius 1 is 1.04 bits per heavy atom. The molecular formula is C22H29NO5. The number of alkyl carbamates (subject to hydrolysis) is 1. The zero-order valence-corrected chi connectivity index (χ0v) is 16.3. The van der Waals surface area contributed by atoms with Gasteiger partial charge in [0, 0.05) is 12.0 Å². The molecule has 3 saturated carbocycles. The van der Waals surface area contributed by atoms with Gasteiger partial charge in [0.05, 0.1) is 12.0 Å². The van der Waals surface area contributed by atoms with Crippen LogP contribution < -0.4 is 5.32 Å². The minimum absolute atomic E-state index is 0.112. The number of fused-ring (bicyclic) bond motifs is 3. The van der Waals surface area contributed by atoms with E-state index < -0.39 is 5.41 Å². The van der Waals surface area contributed by atoms with Crippen LogP contribution in [0.25, 0.3) is 0 Å². The molecule has 4 fully saturated rings. The maximum Gasteiger partial charge on any atom is 0.407 e. The zero-order valence-electron chi connectivity index (χ0n) is 16.3. The van der Waals surface area contributed by atoms with E-state index in [4.69, 9.17) is 14.2 Å². The second kappa shape index (κ2) is 8.11. The quantitative estimate of drug-likeness (QED) is 0.771. The van der Waals surface area contributed by atoms with Crippen molar-refractivity contribution in [1.82, 2.24) is 5.32 Å². The molecule has 4 aliphatic rings. The van der Waals surface area contributed by atoms with Crippen LogP contribution >= 0.6 is 0 Å². The van der Waals surface area contributed by atoms with Gasteiger partial charge in [-0.05, 0) is 56.9 Å². The van der Waals surface area contributed by atoms with Gasteiger partial charge in [0.25, 0.3) is 0 Å². The van der Waals surface area contributed by atoms with Crippen molar-refractivity contribution in [2.45, 2.75) is 76.2 Å². The highest BCUT2D eigenvalue weighted by atomic mass is 16.7. The number of amides is 1. The predicted molar refractivity (Wildman–Crippen MR) is 102 cm³/mol. The summed E-state index contributed by atoms with van der Waals surface area (Å²) in [5, 5.41) is 3.09. The van der Waals surface area contributed by atoms with E-state index in [1.54, 1.807) is 0 Å². The summed E-state index contributed by atoms with van der Waals surface area (Å²) in [5.41, 5.74) is 0.309. The summed E-state index contributed by atoms with van der Waals surface area (Å²) in [7, 11) is 0. The molecule has 1 atom stereocenters. The standard InChI is InChI=1S/C22H29NO5/c24-19(28-18-8-4-5-15-26-18)21-9-12-22(13-10-21,14-11-21)23-20(25)27-16-17-6-2-1-3-7-17/h1-3,6-7,18H,4-5,8-16H2,(H,23,25). The SMILES string of the molecule is O=C(NC12CCC(C(=O)OC3CCCCO3)(CC1)CC2)OCc1ccccc1. The summed E-state index contributed by atoms with van der Waals surface area (Å²) in [6.07, 6.45) is 6.71. The number of nitrogens with one attached hydrogen (secondary N) is 1. The van der Waals surface area contributed by atoms with Crippen LogP contribution in [0.3, 0.4) is 0 Å². The lowest BCUT2D eigenvalue weighted by atomic mass is 9.57. The molecule has 1 aromatic rings. The molecule has 5 rings (SSSR count). The molecule has 152 valence electrons. The molecule has 6 nitrogen and oxygen atoms in total. The molecule has 6 heteroatoms. The van der Waals surface area contributed by atoms with E-state index in [-0.39, 0.29) is 30.5 Å². The molecule has 1 unspecified atom stereocenters. The average Bonchev–Trinajstić information content (AvgIpc) is 2.75. The minimum Gasteiger partial charge on any atom is -0.445 e. The fourth-order valence-electron chi connectivity index (χ4n) is 4.70. The first-order chi connectivity index (χ1) is 13.6. The summed E-state index contributed by atoms with van der Waals surface area (Å²) in [4.78, 5) is 25.1. The van der Waals surface area contributed by atoms with Crippen LogP contribution in [-0.4, -0.2) is 30.5 Å². The summed E-state index contributed by atoms with van der Waals surface area (Å²) in [6.45, 7) is 0.934. The number of hydrogen-bond acceptors (Lipinski definition) is 5. The van der Waals surface area contributed by atoms with Gasteiger partial charge in [0.2, 0.25) is 6.29 Å². The third-order valence-electron chi connectivity index (χ3n) is 6.64. The van der Waals surface area contributed by atoms with Gasteiger partial charge in [-0.1, -0.05) is 30.3 Å². The first kappa shape index (κ1) is 19.2. The molecule has 0 radical (unpaired) electrons. The Bertz CT molecular complexity index is 674. The summed E-state index contributed by atoms with van der Waals surface area (Å²) < 4.78 is 16.6. The number of rotatable bonds is 5. The van der Waals surface area contributed by atoms with E-state index in [1.165, 1.54) is 0 Å². The van der Waals surface area contributed by atoms with Gasteiger partial charge >= 0.3 is 12.1 Å². The first-order valence-electron chi connectivity index (χ1n) is 10.4. The number of esters is 1. The zero-order chi connectivity index (χ0) is 19.5. The Labute approximate surface area is 165 Å². The monoisotopic (exact) mass is 387 g/mol. The summed E-state index contributed by atoms with van der Waals surface area (Å²) >= 11 is 0. The number of hydrogen-bond donors (Lipinski definition) is 1. The van der Waals surface area contributed by atoms with Gasteiger partial charge in [0.15, 0.2) is 0 Å². The molecule has 1 N–H and O–H groups in total. The normalized spacial score (nSPS) is 31.8. The molecule has 28 heavy (non-hydrogen) atoms. The lowest BCUT2D eigenvalue weighted by Crippen LogP contribution is -2.58. The van der Waals surface area contributed by atoms with Crippen LogP contribution in [0.5, 0.6) is 0 Å². The fraction of sp³-hybridized carbons (Fsp3) is 0.636. The maximum atomic E-state index is 12.8. The molecule has 1 heterocycles. The third kappa shape index (κ3) is 4.17.